The van der Waals surface area contributed by atoms with Crippen molar-refractivity contribution in [3.8, 4) is 0 Å². The van der Waals surface area contributed by atoms with E-state index in [9.17, 15) is 9.59 Å². The Kier molecular flexibility index (Phi) is 4.08. The standard InChI is InChI=1S/C16H14ClN3O3/c1-20-12-5-6-23-14(12)8-13(20)16(22)18-9-15(21)19-11-4-2-3-10(17)7-11/h2-8H,9H2,1H3,(H,18,22)(H,19,21). The van der Waals surface area contributed by atoms with Gasteiger partial charge in [-0.15, -0.1) is 0 Å². The van der Waals surface area contributed by atoms with Crippen LogP contribution in [0.1, 0.15) is 10.5 Å². The van der Waals surface area contributed by atoms with Crippen LogP contribution in [-0.2, 0) is 11.8 Å². The smallest absolute Gasteiger partial charge is 0.268 e. The molecular formula is C16H14ClN3O3. The van der Waals surface area contributed by atoms with Crippen molar-refractivity contribution in [2.24, 2.45) is 7.05 Å². The number of nitrogens with one attached hydrogen (secondary N) is 2. The van der Waals surface area contributed by atoms with E-state index < -0.39 is 0 Å². The van der Waals surface area contributed by atoms with Crippen LogP contribution in [0.15, 0.2) is 47.1 Å². The summed E-state index contributed by atoms with van der Waals surface area (Å²) in [5.41, 5.74) is 2.45. The van der Waals surface area contributed by atoms with Crippen LogP contribution in [0.2, 0.25) is 5.02 Å². The summed E-state index contributed by atoms with van der Waals surface area (Å²) in [7, 11) is 1.76. The lowest BCUT2D eigenvalue weighted by Gasteiger charge is -2.08. The number of furan rings is 1. The number of hydrogen-bond acceptors (Lipinski definition) is 3. The third kappa shape index (κ3) is 3.22. The maximum absolute atomic E-state index is 12.2. The van der Waals surface area contributed by atoms with Gasteiger partial charge in [0.05, 0.1) is 18.3 Å². The van der Waals surface area contributed by atoms with Crippen molar-refractivity contribution in [3.63, 3.8) is 0 Å². The summed E-state index contributed by atoms with van der Waals surface area (Å²) in [6.07, 6.45) is 1.56. The summed E-state index contributed by atoms with van der Waals surface area (Å²) < 4.78 is 6.96. The van der Waals surface area contributed by atoms with Gasteiger partial charge in [0.25, 0.3) is 5.91 Å². The molecule has 3 aromatic rings. The molecule has 2 N–H and O–H groups in total. The highest BCUT2D eigenvalue weighted by Crippen LogP contribution is 2.19. The lowest BCUT2D eigenvalue weighted by atomic mass is 10.3. The second-order valence-corrected chi connectivity index (χ2v) is 5.44. The Morgan fingerprint density at radius 2 is 2.09 bits per heavy atom. The quantitative estimate of drug-likeness (QED) is 0.771. The average Bonchev–Trinajstić information content (AvgIpc) is 3.08. The summed E-state index contributed by atoms with van der Waals surface area (Å²) in [5, 5.41) is 5.77. The van der Waals surface area contributed by atoms with Crippen LogP contribution in [0.25, 0.3) is 11.1 Å². The molecule has 0 bridgehead atoms. The van der Waals surface area contributed by atoms with Crippen LogP contribution in [0, 0.1) is 0 Å². The predicted molar refractivity (Wildman–Crippen MR) is 87.6 cm³/mol. The predicted octanol–water partition coefficient (Wildman–Crippen LogP) is 2.79. The van der Waals surface area contributed by atoms with Crippen LogP contribution in [0.3, 0.4) is 0 Å². The molecule has 3 rings (SSSR count). The number of benzene rings is 1. The molecule has 2 amide bonds. The van der Waals surface area contributed by atoms with Gasteiger partial charge in [-0.1, -0.05) is 17.7 Å². The zero-order valence-corrected chi connectivity index (χ0v) is 13.1. The molecule has 0 aliphatic carbocycles. The van der Waals surface area contributed by atoms with E-state index in [1.807, 2.05) is 0 Å². The van der Waals surface area contributed by atoms with Crippen LogP contribution in [0.4, 0.5) is 5.69 Å². The van der Waals surface area contributed by atoms with Gasteiger partial charge in [0.1, 0.15) is 5.69 Å². The number of rotatable bonds is 4. The second-order valence-electron chi connectivity index (χ2n) is 5.00. The lowest BCUT2D eigenvalue weighted by molar-refractivity contribution is -0.115. The van der Waals surface area contributed by atoms with Gasteiger partial charge in [0, 0.05) is 29.9 Å². The molecule has 0 atom stereocenters. The highest BCUT2D eigenvalue weighted by molar-refractivity contribution is 6.30. The monoisotopic (exact) mass is 331 g/mol. The molecule has 0 saturated heterocycles. The fraction of sp³-hybridized carbons (Fsp3) is 0.125. The summed E-state index contributed by atoms with van der Waals surface area (Å²) >= 11 is 5.85. The third-order valence-corrected chi connectivity index (χ3v) is 3.65. The van der Waals surface area contributed by atoms with Gasteiger partial charge in [-0.3, -0.25) is 9.59 Å². The molecule has 2 heterocycles. The fourth-order valence-corrected chi connectivity index (χ4v) is 2.48. The van der Waals surface area contributed by atoms with Gasteiger partial charge in [0.2, 0.25) is 5.91 Å². The van der Waals surface area contributed by atoms with Crippen LogP contribution in [-0.4, -0.2) is 22.9 Å². The van der Waals surface area contributed by atoms with Gasteiger partial charge in [-0.25, -0.2) is 0 Å². The fourth-order valence-electron chi connectivity index (χ4n) is 2.29. The number of hydrogen-bond donors (Lipinski definition) is 2. The van der Waals surface area contributed by atoms with E-state index in [1.165, 1.54) is 0 Å². The average molecular weight is 332 g/mol. The molecular weight excluding hydrogens is 318 g/mol. The number of carbonyl (C=O) groups excluding carboxylic acids is 2. The number of amides is 2. The Hall–Kier alpha value is -2.73. The van der Waals surface area contributed by atoms with Crippen LogP contribution < -0.4 is 10.6 Å². The number of aryl methyl sites for hydroxylation is 1. The van der Waals surface area contributed by atoms with Gasteiger partial charge in [0.15, 0.2) is 5.58 Å². The molecule has 23 heavy (non-hydrogen) atoms. The minimum Gasteiger partial charge on any atom is -0.463 e. The Morgan fingerprint density at radius 1 is 1.26 bits per heavy atom. The van der Waals surface area contributed by atoms with Gasteiger partial charge >= 0.3 is 0 Å². The molecule has 0 saturated carbocycles. The Bertz CT molecular complexity index is 882. The Balaban J connectivity index is 1.61. The number of aromatic nitrogens is 1. The molecule has 2 aromatic heterocycles. The summed E-state index contributed by atoms with van der Waals surface area (Å²) in [5.74, 6) is -0.682. The molecule has 6 nitrogen and oxygen atoms in total. The Labute approximate surface area is 137 Å². The van der Waals surface area contributed by atoms with Gasteiger partial charge in [-0.2, -0.15) is 0 Å². The highest BCUT2D eigenvalue weighted by atomic mass is 35.5. The number of halogens is 1. The first-order valence-electron chi connectivity index (χ1n) is 6.91. The van der Waals surface area contributed by atoms with Crippen molar-refractivity contribution < 1.29 is 14.0 Å². The van der Waals surface area contributed by atoms with Crippen LogP contribution >= 0.6 is 11.6 Å². The molecule has 0 spiro atoms. The van der Waals surface area contributed by atoms with Crippen molar-refractivity contribution in [2.75, 3.05) is 11.9 Å². The van der Waals surface area contributed by atoms with Crippen molar-refractivity contribution in [1.82, 2.24) is 9.88 Å². The first kappa shape index (κ1) is 15.2. The molecule has 0 radical (unpaired) electrons. The maximum atomic E-state index is 12.2. The van der Waals surface area contributed by atoms with E-state index in [-0.39, 0.29) is 18.4 Å². The number of carbonyl (C=O) groups is 2. The lowest BCUT2D eigenvalue weighted by Crippen LogP contribution is -2.33. The van der Waals surface area contributed by atoms with E-state index in [0.717, 1.165) is 5.52 Å². The van der Waals surface area contributed by atoms with Crippen LogP contribution in [0.5, 0.6) is 0 Å². The molecule has 118 valence electrons. The number of fused-ring (bicyclic) bond motifs is 1. The van der Waals surface area contributed by atoms with Crippen molar-refractivity contribution in [3.05, 3.63) is 53.4 Å². The largest absolute Gasteiger partial charge is 0.463 e. The Morgan fingerprint density at radius 3 is 2.83 bits per heavy atom. The molecule has 1 aromatic carbocycles. The zero-order chi connectivity index (χ0) is 16.4. The molecule has 0 aliphatic heterocycles. The zero-order valence-electron chi connectivity index (χ0n) is 12.3. The summed E-state index contributed by atoms with van der Waals surface area (Å²) in [6.45, 7) is -0.141. The van der Waals surface area contributed by atoms with E-state index in [1.54, 1.807) is 54.3 Å². The van der Waals surface area contributed by atoms with Crippen molar-refractivity contribution in [1.29, 1.82) is 0 Å². The van der Waals surface area contributed by atoms with Crippen molar-refractivity contribution >= 4 is 40.2 Å². The first-order chi connectivity index (χ1) is 11.0. The van der Waals surface area contributed by atoms with E-state index in [2.05, 4.69) is 10.6 Å². The summed E-state index contributed by atoms with van der Waals surface area (Å²) in [4.78, 5) is 24.0. The molecule has 0 unspecified atom stereocenters. The first-order valence-corrected chi connectivity index (χ1v) is 7.29. The number of anilines is 1. The highest BCUT2D eigenvalue weighted by Gasteiger charge is 2.15. The van der Waals surface area contributed by atoms with Gasteiger partial charge in [-0.05, 0) is 18.2 Å². The minimum absolute atomic E-state index is 0.141. The third-order valence-electron chi connectivity index (χ3n) is 3.41. The maximum Gasteiger partial charge on any atom is 0.268 e. The molecule has 7 heteroatoms. The normalized spacial score (nSPS) is 10.7. The SMILES string of the molecule is Cn1c(C(=O)NCC(=O)Nc2cccc(Cl)c2)cc2occc21. The minimum atomic E-state index is -0.347. The molecule has 0 aliphatic rings. The van der Waals surface area contributed by atoms with Gasteiger partial charge < -0.3 is 19.6 Å². The topological polar surface area (TPSA) is 76.3 Å². The summed E-state index contributed by atoms with van der Waals surface area (Å²) in [6, 6.07) is 10.2. The van der Waals surface area contributed by atoms with E-state index in [4.69, 9.17) is 16.0 Å². The van der Waals surface area contributed by atoms with E-state index in [0.29, 0.717) is 22.0 Å². The molecule has 0 fully saturated rings. The van der Waals surface area contributed by atoms with E-state index >= 15 is 0 Å². The number of nitrogens with zero attached hydrogens (tertiary/aromatic N) is 1. The van der Waals surface area contributed by atoms with Crippen molar-refractivity contribution in [2.45, 2.75) is 0 Å². The second kappa shape index (κ2) is 6.18.